The lowest BCUT2D eigenvalue weighted by atomic mass is 9.84. The van der Waals surface area contributed by atoms with E-state index < -0.39 is 0 Å². The fourth-order valence-corrected chi connectivity index (χ4v) is 3.37. The van der Waals surface area contributed by atoms with Crippen molar-refractivity contribution in [1.29, 1.82) is 0 Å². The fraction of sp³-hybridized carbons (Fsp3) is 1.00. The highest BCUT2D eigenvalue weighted by Crippen LogP contribution is 2.45. The highest BCUT2D eigenvalue weighted by Gasteiger charge is 2.50. The Morgan fingerprint density at radius 2 is 2.00 bits per heavy atom. The second-order valence-corrected chi connectivity index (χ2v) is 7.13. The number of rotatable bonds is 5. The van der Waals surface area contributed by atoms with Crippen molar-refractivity contribution in [2.24, 2.45) is 5.92 Å². The zero-order valence-corrected chi connectivity index (χ0v) is 12.8. The van der Waals surface area contributed by atoms with Crippen LogP contribution < -0.4 is 5.32 Å². The van der Waals surface area contributed by atoms with Gasteiger partial charge < -0.3 is 10.1 Å². The lowest BCUT2D eigenvalue weighted by Crippen LogP contribution is -2.69. The number of nitrogens with one attached hydrogen (secondary N) is 1. The summed E-state index contributed by atoms with van der Waals surface area (Å²) in [5.74, 6) is 0.895. The largest absolute Gasteiger partial charge is 0.385 e. The van der Waals surface area contributed by atoms with Gasteiger partial charge in [0.2, 0.25) is 0 Å². The van der Waals surface area contributed by atoms with Crippen LogP contribution in [0.15, 0.2) is 0 Å². The Morgan fingerprint density at radius 3 is 2.56 bits per heavy atom. The van der Waals surface area contributed by atoms with Crippen molar-refractivity contribution in [3.63, 3.8) is 0 Å². The average Bonchev–Trinajstić information content (AvgIpc) is 3.13. The van der Waals surface area contributed by atoms with E-state index in [1.54, 1.807) is 7.11 Å². The van der Waals surface area contributed by atoms with Crippen LogP contribution in [-0.4, -0.2) is 48.8 Å². The van der Waals surface area contributed by atoms with Crippen LogP contribution in [0.4, 0.5) is 0 Å². The second-order valence-electron chi connectivity index (χ2n) is 7.13. The van der Waals surface area contributed by atoms with E-state index in [0.717, 1.165) is 32.0 Å². The van der Waals surface area contributed by atoms with Crippen LogP contribution in [0.5, 0.6) is 0 Å². The first-order valence-electron chi connectivity index (χ1n) is 7.40. The minimum atomic E-state index is 0.232. The Bertz CT molecular complexity index is 288. The van der Waals surface area contributed by atoms with Gasteiger partial charge in [-0.1, -0.05) is 0 Å². The molecule has 1 heterocycles. The molecule has 1 aliphatic carbocycles. The molecule has 1 saturated heterocycles. The third kappa shape index (κ3) is 2.89. The molecule has 3 heteroatoms. The third-order valence-electron chi connectivity index (χ3n) is 4.88. The van der Waals surface area contributed by atoms with Crippen molar-refractivity contribution in [1.82, 2.24) is 10.2 Å². The number of hydrogen-bond donors (Lipinski definition) is 1. The first-order chi connectivity index (χ1) is 8.39. The lowest BCUT2D eigenvalue weighted by molar-refractivity contribution is -0.0242. The molecule has 0 bridgehead atoms. The maximum Gasteiger partial charge on any atom is 0.0477 e. The Morgan fingerprint density at radius 1 is 1.33 bits per heavy atom. The topological polar surface area (TPSA) is 24.5 Å². The van der Waals surface area contributed by atoms with Crippen LogP contribution in [0, 0.1) is 5.92 Å². The monoisotopic (exact) mass is 254 g/mol. The summed E-state index contributed by atoms with van der Waals surface area (Å²) in [6.45, 7) is 12.6. The van der Waals surface area contributed by atoms with Crippen molar-refractivity contribution < 1.29 is 4.74 Å². The predicted octanol–water partition coefficient (Wildman–Crippen LogP) is 2.26. The normalized spacial score (nSPS) is 34.5. The summed E-state index contributed by atoms with van der Waals surface area (Å²) in [6.07, 6.45) is 3.95. The van der Waals surface area contributed by atoms with E-state index in [0.29, 0.717) is 11.6 Å². The van der Waals surface area contributed by atoms with Gasteiger partial charge in [-0.25, -0.2) is 0 Å². The number of hydrogen-bond acceptors (Lipinski definition) is 3. The molecular weight excluding hydrogens is 224 g/mol. The number of ether oxygens (including phenoxy) is 1. The standard InChI is InChI=1S/C15H30N2O/c1-12(8-9-18-5)17-11-14(2,3)16-10-15(17,4)13-6-7-13/h12-13,16H,6-11H2,1-5H3. The highest BCUT2D eigenvalue weighted by molar-refractivity contribution is 5.08. The van der Waals surface area contributed by atoms with Crippen LogP contribution in [0.1, 0.15) is 47.0 Å². The molecule has 1 aliphatic heterocycles. The maximum atomic E-state index is 5.26. The Hall–Kier alpha value is -0.120. The molecule has 2 unspecified atom stereocenters. The van der Waals surface area contributed by atoms with Gasteiger partial charge in [0.1, 0.15) is 0 Å². The maximum absolute atomic E-state index is 5.26. The summed E-state index contributed by atoms with van der Waals surface area (Å²) < 4.78 is 5.26. The second kappa shape index (κ2) is 5.10. The minimum absolute atomic E-state index is 0.232. The van der Waals surface area contributed by atoms with Gasteiger partial charge >= 0.3 is 0 Å². The molecule has 2 rings (SSSR count). The molecule has 3 nitrogen and oxygen atoms in total. The van der Waals surface area contributed by atoms with Crippen molar-refractivity contribution >= 4 is 0 Å². The summed E-state index contributed by atoms with van der Waals surface area (Å²) >= 11 is 0. The molecule has 2 fully saturated rings. The van der Waals surface area contributed by atoms with Crippen LogP contribution >= 0.6 is 0 Å². The van der Waals surface area contributed by atoms with Crippen LogP contribution in [0.2, 0.25) is 0 Å². The van der Waals surface area contributed by atoms with Gasteiger partial charge in [-0.3, -0.25) is 4.90 Å². The molecule has 2 atom stereocenters. The highest BCUT2D eigenvalue weighted by atomic mass is 16.5. The van der Waals surface area contributed by atoms with Gasteiger partial charge in [0.05, 0.1) is 0 Å². The number of nitrogens with zero attached hydrogens (tertiary/aromatic N) is 1. The molecule has 106 valence electrons. The summed E-state index contributed by atoms with van der Waals surface area (Å²) in [6, 6.07) is 0.608. The quantitative estimate of drug-likeness (QED) is 0.814. The van der Waals surface area contributed by atoms with Gasteiger partial charge in [0, 0.05) is 43.9 Å². The summed E-state index contributed by atoms with van der Waals surface area (Å²) in [5.41, 5.74) is 0.582. The van der Waals surface area contributed by atoms with Crippen molar-refractivity contribution in [3.05, 3.63) is 0 Å². The Kier molecular flexibility index (Phi) is 4.05. The van der Waals surface area contributed by atoms with E-state index in [1.807, 2.05) is 0 Å². The molecule has 0 spiro atoms. The fourth-order valence-electron chi connectivity index (χ4n) is 3.37. The zero-order chi connectivity index (χ0) is 13.4. The average molecular weight is 254 g/mol. The number of piperazine rings is 1. The van der Waals surface area contributed by atoms with E-state index >= 15 is 0 Å². The van der Waals surface area contributed by atoms with E-state index in [2.05, 4.69) is 37.9 Å². The van der Waals surface area contributed by atoms with Crippen molar-refractivity contribution in [2.75, 3.05) is 26.8 Å². The SMILES string of the molecule is COCCC(C)N1CC(C)(C)NCC1(C)C1CC1. The van der Waals surface area contributed by atoms with E-state index in [4.69, 9.17) is 4.74 Å². The van der Waals surface area contributed by atoms with Crippen LogP contribution in [0.3, 0.4) is 0 Å². The summed E-state index contributed by atoms with van der Waals surface area (Å²) in [7, 11) is 1.80. The molecular formula is C15H30N2O. The van der Waals surface area contributed by atoms with Crippen molar-refractivity contribution in [3.8, 4) is 0 Å². The van der Waals surface area contributed by atoms with Gasteiger partial charge in [-0.15, -0.1) is 0 Å². The van der Waals surface area contributed by atoms with Crippen molar-refractivity contribution in [2.45, 2.75) is 64.1 Å². The van der Waals surface area contributed by atoms with E-state index in [-0.39, 0.29) is 5.54 Å². The summed E-state index contributed by atoms with van der Waals surface area (Å²) in [4.78, 5) is 2.75. The predicted molar refractivity (Wildman–Crippen MR) is 75.9 cm³/mol. The van der Waals surface area contributed by atoms with Gasteiger partial charge in [0.15, 0.2) is 0 Å². The molecule has 0 aromatic rings. The van der Waals surface area contributed by atoms with E-state index in [1.165, 1.54) is 12.8 Å². The molecule has 18 heavy (non-hydrogen) atoms. The molecule has 0 amide bonds. The first-order valence-corrected chi connectivity index (χ1v) is 7.40. The smallest absolute Gasteiger partial charge is 0.0477 e. The van der Waals surface area contributed by atoms with Gasteiger partial charge in [-0.2, -0.15) is 0 Å². The molecule has 1 N–H and O–H groups in total. The molecule has 2 aliphatic rings. The van der Waals surface area contributed by atoms with Gasteiger partial charge in [-0.05, 0) is 52.9 Å². The molecule has 0 radical (unpaired) electrons. The summed E-state index contributed by atoms with van der Waals surface area (Å²) in [5, 5.41) is 3.74. The minimum Gasteiger partial charge on any atom is -0.385 e. The molecule has 0 aromatic heterocycles. The number of methoxy groups -OCH3 is 1. The molecule has 0 aromatic carbocycles. The van der Waals surface area contributed by atoms with Crippen LogP contribution in [-0.2, 0) is 4.74 Å². The lowest BCUT2D eigenvalue weighted by Gasteiger charge is -2.54. The molecule has 1 saturated carbocycles. The first kappa shape index (κ1) is 14.3. The zero-order valence-electron chi connectivity index (χ0n) is 12.8. The van der Waals surface area contributed by atoms with Crippen LogP contribution in [0.25, 0.3) is 0 Å². The Balaban J connectivity index is 2.08. The van der Waals surface area contributed by atoms with E-state index in [9.17, 15) is 0 Å². The van der Waals surface area contributed by atoms with Gasteiger partial charge in [0.25, 0.3) is 0 Å². The Labute approximate surface area is 112 Å². The third-order valence-corrected chi connectivity index (χ3v) is 4.88.